The summed E-state index contributed by atoms with van der Waals surface area (Å²) in [6.07, 6.45) is -3.84. The third-order valence-electron chi connectivity index (χ3n) is 4.35. The second-order valence-electron chi connectivity index (χ2n) is 6.13. The molecular formula is C19H18ClF3N2OS. The van der Waals surface area contributed by atoms with Gasteiger partial charge in [-0.25, -0.2) is 4.79 Å². The molecule has 3 nitrogen and oxygen atoms in total. The number of para-hydroxylation sites is 1. The van der Waals surface area contributed by atoms with Gasteiger partial charge >= 0.3 is 12.2 Å². The fourth-order valence-corrected chi connectivity index (χ4v) is 4.59. The maximum Gasteiger partial charge on any atom is 0.418 e. The van der Waals surface area contributed by atoms with Crippen molar-refractivity contribution >= 4 is 35.1 Å². The van der Waals surface area contributed by atoms with E-state index in [1.54, 1.807) is 16.7 Å². The van der Waals surface area contributed by atoms with Crippen molar-refractivity contribution in [2.75, 3.05) is 24.2 Å². The zero-order valence-electron chi connectivity index (χ0n) is 14.3. The van der Waals surface area contributed by atoms with E-state index < -0.39 is 17.8 Å². The summed E-state index contributed by atoms with van der Waals surface area (Å²) in [5.41, 5.74) is -0.0557. The van der Waals surface area contributed by atoms with Crippen molar-refractivity contribution < 1.29 is 18.0 Å². The Bertz CT molecular complexity index is 816. The molecular weight excluding hydrogens is 397 g/mol. The number of urea groups is 1. The first kappa shape index (κ1) is 19.9. The van der Waals surface area contributed by atoms with Gasteiger partial charge in [0.1, 0.15) is 0 Å². The molecule has 1 heterocycles. The van der Waals surface area contributed by atoms with Gasteiger partial charge < -0.3 is 10.2 Å². The van der Waals surface area contributed by atoms with Crippen molar-refractivity contribution in [3.05, 3.63) is 64.7 Å². The second-order valence-corrected chi connectivity index (χ2v) is 7.85. The fourth-order valence-electron chi connectivity index (χ4n) is 2.99. The number of rotatable bonds is 2. The molecule has 0 spiro atoms. The highest BCUT2D eigenvalue weighted by molar-refractivity contribution is 7.99. The lowest BCUT2D eigenvalue weighted by molar-refractivity contribution is -0.136. The van der Waals surface area contributed by atoms with E-state index in [9.17, 15) is 18.0 Å². The third kappa shape index (κ3) is 4.90. The number of carbonyl (C=O) groups is 1. The third-order valence-corrected chi connectivity index (χ3v) is 6.01. The van der Waals surface area contributed by atoms with E-state index >= 15 is 0 Å². The minimum Gasteiger partial charge on any atom is -0.324 e. The minimum atomic E-state index is -4.52. The SMILES string of the molecule is O=C(Nc1ccccc1C(F)(F)F)N1CCS[C@@H](c2ccccc2Cl)CC1. The molecule has 0 saturated carbocycles. The molecule has 0 radical (unpaired) electrons. The first-order valence-corrected chi connectivity index (χ1v) is 9.87. The Labute approximate surface area is 164 Å². The number of hydrogen-bond acceptors (Lipinski definition) is 2. The van der Waals surface area contributed by atoms with Gasteiger partial charge in [0.15, 0.2) is 0 Å². The summed E-state index contributed by atoms with van der Waals surface area (Å²) in [7, 11) is 0. The van der Waals surface area contributed by atoms with Crippen LogP contribution in [0.4, 0.5) is 23.7 Å². The van der Waals surface area contributed by atoms with Crippen molar-refractivity contribution in [3.63, 3.8) is 0 Å². The largest absolute Gasteiger partial charge is 0.418 e. The van der Waals surface area contributed by atoms with Crippen LogP contribution in [0.1, 0.15) is 22.8 Å². The Balaban J connectivity index is 1.68. The van der Waals surface area contributed by atoms with E-state index in [1.807, 2.05) is 24.3 Å². The number of carbonyl (C=O) groups excluding carboxylic acids is 1. The molecule has 1 aliphatic heterocycles. The highest BCUT2D eigenvalue weighted by Gasteiger charge is 2.34. The Morgan fingerprint density at radius 2 is 1.81 bits per heavy atom. The molecule has 27 heavy (non-hydrogen) atoms. The van der Waals surface area contributed by atoms with Crippen LogP contribution in [-0.2, 0) is 6.18 Å². The van der Waals surface area contributed by atoms with Gasteiger partial charge in [0.05, 0.1) is 11.3 Å². The van der Waals surface area contributed by atoms with Crippen molar-refractivity contribution in [3.8, 4) is 0 Å². The van der Waals surface area contributed by atoms with E-state index in [1.165, 1.54) is 18.2 Å². The summed E-state index contributed by atoms with van der Waals surface area (Å²) in [5, 5.41) is 3.25. The number of nitrogens with one attached hydrogen (secondary N) is 1. The molecule has 0 aromatic heterocycles. The van der Waals surface area contributed by atoms with Crippen LogP contribution in [0.3, 0.4) is 0 Å². The summed E-state index contributed by atoms with van der Waals surface area (Å²) < 4.78 is 39.3. The predicted molar refractivity (Wildman–Crippen MR) is 103 cm³/mol. The Kier molecular flexibility index (Phi) is 6.22. The number of benzene rings is 2. The number of halogens is 4. The van der Waals surface area contributed by atoms with Crippen molar-refractivity contribution in [1.82, 2.24) is 4.90 Å². The predicted octanol–water partition coefficient (Wildman–Crippen LogP) is 6.07. The highest BCUT2D eigenvalue weighted by Crippen LogP contribution is 2.38. The minimum absolute atomic E-state index is 0.152. The number of alkyl halides is 3. The van der Waals surface area contributed by atoms with Crippen LogP contribution in [0.2, 0.25) is 5.02 Å². The Hall–Kier alpha value is -1.86. The molecule has 0 bridgehead atoms. The van der Waals surface area contributed by atoms with Crippen LogP contribution in [0, 0.1) is 0 Å². The molecule has 1 atom stereocenters. The topological polar surface area (TPSA) is 32.3 Å². The van der Waals surface area contributed by atoms with Gasteiger partial charge in [-0.1, -0.05) is 41.9 Å². The molecule has 2 aromatic carbocycles. The van der Waals surface area contributed by atoms with Crippen LogP contribution in [0.25, 0.3) is 0 Å². The smallest absolute Gasteiger partial charge is 0.324 e. The maximum atomic E-state index is 13.1. The zero-order chi connectivity index (χ0) is 19.4. The van der Waals surface area contributed by atoms with Gasteiger partial charge in [0.2, 0.25) is 0 Å². The molecule has 1 fully saturated rings. The van der Waals surface area contributed by atoms with Crippen molar-refractivity contribution in [2.24, 2.45) is 0 Å². The molecule has 144 valence electrons. The second kappa shape index (κ2) is 8.44. The number of nitrogens with zero attached hydrogens (tertiary/aromatic N) is 1. The standard InChI is InChI=1S/C19H18ClF3N2OS/c20-15-7-3-1-5-13(15)17-9-10-25(11-12-27-17)18(26)24-16-8-4-2-6-14(16)19(21,22)23/h1-8,17H,9-12H2,(H,24,26)/t17-/m1/s1. The summed E-state index contributed by atoms with van der Waals surface area (Å²) in [6, 6.07) is 12.1. The van der Waals surface area contributed by atoms with Gasteiger partial charge in [0, 0.05) is 29.1 Å². The molecule has 8 heteroatoms. The molecule has 0 unspecified atom stereocenters. The normalized spacial score (nSPS) is 18.1. The van der Waals surface area contributed by atoms with E-state index in [0.717, 1.165) is 11.6 Å². The zero-order valence-corrected chi connectivity index (χ0v) is 15.9. The summed E-state index contributed by atoms with van der Waals surface area (Å²) in [6.45, 7) is 0.911. The average Bonchev–Trinajstić information content (AvgIpc) is 2.88. The van der Waals surface area contributed by atoms with Gasteiger partial charge in [0.25, 0.3) is 0 Å². The number of anilines is 1. The lowest BCUT2D eigenvalue weighted by Crippen LogP contribution is -2.37. The van der Waals surface area contributed by atoms with Gasteiger partial charge in [-0.05, 0) is 30.2 Å². The quantitative estimate of drug-likeness (QED) is 0.646. The lowest BCUT2D eigenvalue weighted by atomic mass is 10.1. The molecule has 3 rings (SSSR count). The molecule has 0 aliphatic carbocycles. The van der Waals surface area contributed by atoms with Crippen molar-refractivity contribution in [1.29, 1.82) is 0 Å². The summed E-state index contributed by atoms with van der Waals surface area (Å²) in [4.78, 5) is 14.1. The van der Waals surface area contributed by atoms with Crippen LogP contribution >= 0.6 is 23.4 Å². The van der Waals surface area contributed by atoms with Crippen LogP contribution in [0.5, 0.6) is 0 Å². The summed E-state index contributed by atoms with van der Waals surface area (Å²) in [5.74, 6) is 0.685. The number of thioether (sulfide) groups is 1. The first-order chi connectivity index (χ1) is 12.9. The van der Waals surface area contributed by atoms with E-state index in [-0.39, 0.29) is 10.9 Å². The molecule has 1 aliphatic rings. The molecule has 1 N–H and O–H groups in total. The Morgan fingerprint density at radius 1 is 1.11 bits per heavy atom. The van der Waals surface area contributed by atoms with Gasteiger partial charge in [-0.15, -0.1) is 0 Å². The molecule has 2 amide bonds. The highest BCUT2D eigenvalue weighted by atomic mass is 35.5. The van der Waals surface area contributed by atoms with Crippen LogP contribution < -0.4 is 5.32 Å². The van der Waals surface area contributed by atoms with Gasteiger partial charge in [-0.3, -0.25) is 0 Å². The first-order valence-electron chi connectivity index (χ1n) is 8.44. The van der Waals surface area contributed by atoms with Gasteiger partial charge in [-0.2, -0.15) is 24.9 Å². The number of hydrogen-bond donors (Lipinski definition) is 1. The van der Waals surface area contributed by atoms with Crippen LogP contribution in [0.15, 0.2) is 48.5 Å². The Morgan fingerprint density at radius 3 is 2.56 bits per heavy atom. The van der Waals surface area contributed by atoms with E-state index in [0.29, 0.717) is 30.3 Å². The molecule has 1 saturated heterocycles. The average molecular weight is 415 g/mol. The monoisotopic (exact) mass is 414 g/mol. The maximum absolute atomic E-state index is 13.1. The summed E-state index contributed by atoms with van der Waals surface area (Å²) >= 11 is 7.96. The number of amides is 2. The van der Waals surface area contributed by atoms with Crippen molar-refractivity contribution in [2.45, 2.75) is 17.8 Å². The van der Waals surface area contributed by atoms with Crippen LogP contribution in [-0.4, -0.2) is 29.8 Å². The van der Waals surface area contributed by atoms with E-state index in [2.05, 4.69) is 5.32 Å². The fraction of sp³-hybridized carbons (Fsp3) is 0.316. The molecule has 2 aromatic rings. The van der Waals surface area contributed by atoms with E-state index in [4.69, 9.17) is 11.6 Å². The lowest BCUT2D eigenvalue weighted by Gasteiger charge is -2.22.